The molecule has 0 N–H and O–H groups in total. The van der Waals surface area contributed by atoms with Crippen molar-refractivity contribution in [1.29, 1.82) is 0 Å². The highest BCUT2D eigenvalue weighted by Crippen LogP contribution is 2.46. The molecule has 11 aromatic carbocycles. The van der Waals surface area contributed by atoms with Crippen molar-refractivity contribution in [3.05, 3.63) is 206 Å². The van der Waals surface area contributed by atoms with Crippen molar-refractivity contribution in [2.24, 2.45) is 0 Å². The zero-order valence-electron chi connectivity index (χ0n) is 29.6. The molecule has 0 bridgehead atoms. The molecule has 0 spiro atoms. The summed E-state index contributed by atoms with van der Waals surface area (Å²) in [6.07, 6.45) is 0. The molecule has 0 saturated heterocycles. The van der Waals surface area contributed by atoms with Gasteiger partial charge in [-0.3, -0.25) is 0 Å². The third kappa shape index (κ3) is 4.99. The van der Waals surface area contributed by atoms with Crippen LogP contribution in [0.2, 0.25) is 0 Å². The highest BCUT2D eigenvalue weighted by molar-refractivity contribution is 6.22. The average molecular weight is 683 g/mol. The zero-order chi connectivity index (χ0) is 35.6. The van der Waals surface area contributed by atoms with E-state index in [1.165, 1.54) is 109 Å². The molecule has 0 heteroatoms. The molecule has 0 aliphatic heterocycles. The Bertz CT molecular complexity index is 3260. The third-order valence-electron chi connectivity index (χ3n) is 11.4. The SMILES string of the molecule is c1ccc2cc(-c3ccc4c(-c5ccc(-c6ccc7ccc8ccccc8c7c6)cc5)c5ccccc5c(-c5ccc6ccccc6c5)c4c3)ccc2c1. The molecule has 0 aromatic heterocycles. The number of benzene rings is 11. The predicted octanol–water partition coefficient (Wildman–Crippen LogP) is 15.3. The molecular weight excluding hydrogens is 649 g/mol. The molecule has 0 aliphatic carbocycles. The van der Waals surface area contributed by atoms with Crippen molar-refractivity contribution >= 4 is 64.6 Å². The summed E-state index contributed by atoms with van der Waals surface area (Å²) in [6, 6.07) is 76.3. The second kappa shape index (κ2) is 12.3. The molecule has 11 aromatic rings. The molecule has 0 heterocycles. The van der Waals surface area contributed by atoms with Crippen LogP contribution in [0.15, 0.2) is 206 Å². The Morgan fingerprint density at radius 1 is 0.167 bits per heavy atom. The number of hydrogen-bond acceptors (Lipinski definition) is 0. The van der Waals surface area contributed by atoms with Crippen LogP contribution in [0.3, 0.4) is 0 Å². The van der Waals surface area contributed by atoms with Crippen LogP contribution in [0.4, 0.5) is 0 Å². The molecule has 250 valence electrons. The maximum Gasteiger partial charge on any atom is -0.00259 e. The normalized spacial score (nSPS) is 11.7. The van der Waals surface area contributed by atoms with Gasteiger partial charge < -0.3 is 0 Å². The Morgan fingerprint density at radius 3 is 1.22 bits per heavy atom. The van der Waals surface area contributed by atoms with Crippen molar-refractivity contribution in [1.82, 2.24) is 0 Å². The molecular formula is C54H34. The Hall–Kier alpha value is -7.02. The molecule has 54 heavy (non-hydrogen) atoms. The van der Waals surface area contributed by atoms with Crippen LogP contribution < -0.4 is 0 Å². The molecule has 0 nitrogen and oxygen atoms in total. The van der Waals surface area contributed by atoms with Gasteiger partial charge in [0.15, 0.2) is 0 Å². The van der Waals surface area contributed by atoms with E-state index >= 15 is 0 Å². The molecule has 0 amide bonds. The fourth-order valence-electron chi connectivity index (χ4n) is 8.70. The smallest absolute Gasteiger partial charge is 0.00259 e. The van der Waals surface area contributed by atoms with E-state index < -0.39 is 0 Å². The Labute approximate surface area is 314 Å². The van der Waals surface area contributed by atoms with Crippen LogP contribution in [0.25, 0.3) is 109 Å². The van der Waals surface area contributed by atoms with E-state index in [-0.39, 0.29) is 0 Å². The Kier molecular flexibility index (Phi) is 6.97. The molecule has 0 aliphatic rings. The van der Waals surface area contributed by atoms with Gasteiger partial charge in [0.25, 0.3) is 0 Å². The monoisotopic (exact) mass is 682 g/mol. The van der Waals surface area contributed by atoms with Crippen molar-refractivity contribution in [3.8, 4) is 44.5 Å². The summed E-state index contributed by atoms with van der Waals surface area (Å²) >= 11 is 0. The van der Waals surface area contributed by atoms with Gasteiger partial charge in [0.1, 0.15) is 0 Å². The second-order valence-corrected chi connectivity index (χ2v) is 14.5. The molecule has 0 saturated carbocycles. The van der Waals surface area contributed by atoms with E-state index in [4.69, 9.17) is 0 Å². The molecule has 0 unspecified atom stereocenters. The van der Waals surface area contributed by atoms with Gasteiger partial charge in [0, 0.05) is 0 Å². The first-order valence-corrected chi connectivity index (χ1v) is 18.7. The first-order chi connectivity index (χ1) is 26.7. The summed E-state index contributed by atoms with van der Waals surface area (Å²) < 4.78 is 0. The molecule has 11 rings (SSSR count). The van der Waals surface area contributed by atoms with E-state index in [1.807, 2.05) is 0 Å². The minimum atomic E-state index is 1.22. The summed E-state index contributed by atoms with van der Waals surface area (Å²) in [7, 11) is 0. The lowest BCUT2D eigenvalue weighted by atomic mass is 9.84. The van der Waals surface area contributed by atoms with Crippen LogP contribution in [-0.4, -0.2) is 0 Å². The average Bonchev–Trinajstić information content (AvgIpc) is 3.25. The van der Waals surface area contributed by atoms with Gasteiger partial charge in [-0.2, -0.15) is 0 Å². The molecule has 0 fully saturated rings. The Balaban J connectivity index is 1.13. The molecule has 0 atom stereocenters. The van der Waals surface area contributed by atoms with Gasteiger partial charge in [-0.15, -0.1) is 0 Å². The van der Waals surface area contributed by atoms with Crippen molar-refractivity contribution in [3.63, 3.8) is 0 Å². The lowest BCUT2D eigenvalue weighted by Gasteiger charge is -2.19. The first kappa shape index (κ1) is 30.6. The minimum absolute atomic E-state index is 1.22. The van der Waals surface area contributed by atoms with E-state index in [0.717, 1.165) is 0 Å². The van der Waals surface area contributed by atoms with Gasteiger partial charge in [-0.25, -0.2) is 0 Å². The van der Waals surface area contributed by atoms with Crippen LogP contribution in [0.1, 0.15) is 0 Å². The summed E-state index contributed by atoms with van der Waals surface area (Å²) in [5, 5.41) is 15.2. The highest BCUT2D eigenvalue weighted by atomic mass is 14.2. The lowest BCUT2D eigenvalue weighted by molar-refractivity contribution is 1.63. The summed E-state index contributed by atoms with van der Waals surface area (Å²) in [4.78, 5) is 0. The van der Waals surface area contributed by atoms with Gasteiger partial charge in [0.2, 0.25) is 0 Å². The van der Waals surface area contributed by atoms with E-state index in [9.17, 15) is 0 Å². The highest BCUT2D eigenvalue weighted by Gasteiger charge is 2.18. The second-order valence-electron chi connectivity index (χ2n) is 14.5. The topological polar surface area (TPSA) is 0 Å². The van der Waals surface area contributed by atoms with Crippen LogP contribution in [0.5, 0.6) is 0 Å². The largest absolute Gasteiger partial charge is 0.0616 e. The third-order valence-corrected chi connectivity index (χ3v) is 11.4. The molecule has 0 radical (unpaired) electrons. The van der Waals surface area contributed by atoms with Gasteiger partial charge in [-0.05, 0) is 133 Å². The van der Waals surface area contributed by atoms with E-state index in [1.54, 1.807) is 0 Å². The fraction of sp³-hybridized carbons (Fsp3) is 0. The maximum absolute atomic E-state index is 2.42. The van der Waals surface area contributed by atoms with Crippen molar-refractivity contribution in [2.45, 2.75) is 0 Å². The van der Waals surface area contributed by atoms with E-state index in [0.29, 0.717) is 0 Å². The summed E-state index contributed by atoms with van der Waals surface area (Å²) in [5.74, 6) is 0. The maximum atomic E-state index is 2.42. The Morgan fingerprint density at radius 2 is 0.537 bits per heavy atom. The van der Waals surface area contributed by atoms with Crippen molar-refractivity contribution in [2.75, 3.05) is 0 Å². The van der Waals surface area contributed by atoms with Crippen LogP contribution in [0, 0.1) is 0 Å². The fourth-order valence-corrected chi connectivity index (χ4v) is 8.70. The number of fused-ring (bicyclic) bond motifs is 7. The van der Waals surface area contributed by atoms with Gasteiger partial charge >= 0.3 is 0 Å². The van der Waals surface area contributed by atoms with Gasteiger partial charge in [0.05, 0.1) is 0 Å². The van der Waals surface area contributed by atoms with Gasteiger partial charge in [-0.1, -0.05) is 182 Å². The zero-order valence-corrected chi connectivity index (χ0v) is 29.6. The summed E-state index contributed by atoms with van der Waals surface area (Å²) in [6.45, 7) is 0. The standard InChI is InChI=1S/C54H34/c1-3-12-41-31-43(26-19-35(41)9-1)45-29-30-50-52(34-45)54(46-28-20-36-10-2-4-13-42(36)32-46)49-16-8-7-15-48(49)53(50)40-24-17-37(18-25-40)44-27-23-39-22-21-38-11-5-6-14-47(38)51(39)33-44/h1-34H. The predicted molar refractivity (Wildman–Crippen MR) is 233 cm³/mol. The lowest BCUT2D eigenvalue weighted by Crippen LogP contribution is -1.92. The van der Waals surface area contributed by atoms with Crippen LogP contribution in [-0.2, 0) is 0 Å². The van der Waals surface area contributed by atoms with Crippen LogP contribution >= 0.6 is 0 Å². The van der Waals surface area contributed by atoms with Crippen molar-refractivity contribution < 1.29 is 0 Å². The first-order valence-electron chi connectivity index (χ1n) is 18.7. The quantitative estimate of drug-likeness (QED) is 0.128. The minimum Gasteiger partial charge on any atom is -0.0616 e. The van der Waals surface area contributed by atoms with E-state index in [2.05, 4.69) is 206 Å². The number of rotatable bonds is 4. The number of hydrogen-bond donors (Lipinski definition) is 0. The summed E-state index contributed by atoms with van der Waals surface area (Å²) in [5.41, 5.74) is 9.88.